The van der Waals surface area contributed by atoms with E-state index in [0.717, 1.165) is 51.6 Å². The molecule has 3 fully saturated rings. The zero-order valence-electron chi connectivity index (χ0n) is 20.5. The van der Waals surface area contributed by atoms with Crippen molar-refractivity contribution in [2.45, 2.75) is 78.4 Å². The maximum atomic E-state index is 13.3. The fourth-order valence-corrected chi connectivity index (χ4v) is 6.87. The van der Waals surface area contributed by atoms with Crippen molar-refractivity contribution >= 4 is 11.8 Å². The van der Waals surface area contributed by atoms with Crippen LogP contribution in [0.3, 0.4) is 0 Å². The number of hydrogen-bond donors (Lipinski definition) is 2. The molecule has 1 aromatic heterocycles. The number of aliphatic hydroxyl groups is 1. The summed E-state index contributed by atoms with van der Waals surface area (Å²) in [5, 5.41) is 14.8. The van der Waals surface area contributed by atoms with Gasteiger partial charge < -0.3 is 15.3 Å². The zero-order chi connectivity index (χ0) is 23.8. The van der Waals surface area contributed by atoms with Crippen LogP contribution in [0.4, 0.5) is 0 Å². The Labute approximate surface area is 197 Å². The lowest BCUT2D eigenvalue weighted by molar-refractivity contribution is -0.151. The molecule has 0 radical (unpaired) electrons. The molecule has 2 heterocycles. The first-order valence-corrected chi connectivity index (χ1v) is 12.7. The Morgan fingerprint density at radius 3 is 2.42 bits per heavy atom. The predicted octanol–water partition coefficient (Wildman–Crippen LogP) is 3.29. The van der Waals surface area contributed by atoms with Crippen LogP contribution < -0.4 is 5.32 Å². The zero-order valence-corrected chi connectivity index (χ0v) is 20.5. The van der Waals surface area contributed by atoms with Gasteiger partial charge in [0.05, 0.1) is 11.7 Å². The van der Waals surface area contributed by atoms with Crippen LogP contribution in [0.1, 0.15) is 76.6 Å². The van der Waals surface area contributed by atoms with Gasteiger partial charge >= 0.3 is 0 Å². The third-order valence-electron chi connectivity index (χ3n) is 9.15. The van der Waals surface area contributed by atoms with Crippen LogP contribution in [0.15, 0.2) is 18.7 Å². The number of aliphatic hydroxyl groups excluding tert-OH is 1. The Bertz CT molecular complexity index is 841. The minimum Gasteiger partial charge on any atom is -0.392 e. The third-order valence-corrected chi connectivity index (χ3v) is 9.15. The van der Waals surface area contributed by atoms with Gasteiger partial charge in [-0.05, 0) is 67.6 Å². The average molecular weight is 457 g/mol. The van der Waals surface area contributed by atoms with Crippen LogP contribution in [0.2, 0.25) is 0 Å². The number of aromatic nitrogens is 2. The van der Waals surface area contributed by atoms with Crippen molar-refractivity contribution in [1.29, 1.82) is 0 Å². The van der Waals surface area contributed by atoms with Crippen molar-refractivity contribution < 1.29 is 14.7 Å². The van der Waals surface area contributed by atoms with Crippen LogP contribution in [-0.4, -0.2) is 57.0 Å². The lowest BCUT2D eigenvalue weighted by atomic mass is 9.51. The largest absolute Gasteiger partial charge is 0.392 e. The van der Waals surface area contributed by atoms with E-state index < -0.39 is 6.10 Å². The summed E-state index contributed by atoms with van der Waals surface area (Å²) >= 11 is 0. The molecular formula is C26H40N4O3. The normalized spacial score (nSPS) is 36.0. The predicted molar refractivity (Wildman–Crippen MR) is 126 cm³/mol. The fourth-order valence-electron chi connectivity index (χ4n) is 6.87. The highest BCUT2D eigenvalue weighted by Gasteiger charge is 2.54. The molecular weight excluding hydrogens is 416 g/mol. The van der Waals surface area contributed by atoms with Gasteiger partial charge in [0.1, 0.15) is 6.33 Å². The van der Waals surface area contributed by atoms with Gasteiger partial charge in [0.2, 0.25) is 5.91 Å². The summed E-state index contributed by atoms with van der Waals surface area (Å²) in [6, 6.07) is -0.0150. The van der Waals surface area contributed by atoms with E-state index in [4.69, 9.17) is 0 Å². The van der Waals surface area contributed by atoms with Crippen molar-refractivity contribution in [1.82, 2.24) is 20.2 Å². The Hall–Kier alpha value is -2.02. The minimum atomic E-state index is -0.541. The molecule has 7 heteroatoms. The van der Waals surface area contributed by atoms with Crippen molar-refractivity contribution in [3.63, 3.8) is 0 Å². The van der Waals surface area contributed by atoms with Crippen molar-refractivity contribution in [3.05, 3.63) is 24.3 Å². The first-order valence-electron chi connectivity index (χ1n) is 12.7. The van der Waals surface area contributed by atoms with E-state index in [-0.39, 0.29) is 46.9 Å². The molecule has 1 aromatic rings. The number of amides is 2. The molecule has 2 amide bonds. The van der Waals surface area contributed by atoms with Crippen LogP contribution in [0.5, 0.6) is 0 Å². The summed E-state index contributed by atoms with van der Waals surface area (Å²) in [5.41, 5.74) is 0.491. The number of rotatable bonds is 4. The van der Waals surface area contributed by atoms with Gasteiger partial charge in [-0.2, -0.15) is 0 Å². The molecule has 1 saturated heterocycles. The first kappa shape index (κ1) is 24.1. The molecule has 7 nitrogen and oxygen atoms in total. The van der Waals surface area contributed by atoms with Gasteiger partial charge in [0.15, 0.2) is 0 Å². The van der Waals surface area contributed by atoms with Crippen LogP contribution in [0.25, 0.3) is 0 Å². The number of hydrogen-bond acceptors (Lipinski definition) is 5. The third kappa shape index (κ3) is 4.79. The van der Waals surface area contributed by atoms with Crippen molar-refractivity contribution in [2.75, 3.05) is 13.1 Å². The van der Waals surface area contributed by atoms with E-state index in [1.165, 1.54) is 18.7 Å². The van der Waals surface area contributed by atoms with Crippen LogP contribution in [0, 0.1) is 35.0 Å². The minimum absolute atomic E-state index is 0.0150. The number of likely N-dealkylation sites (tertiary alicyclic amines) is 1. The summed E-state index contributed by atoms with van der Waals surface area (Å²) in [6.07, 6.45) is 9.83. The van der Waals surface area contributed by atoms with Crippen molar-refractivity contribution in [2.24, 2.45) is 35.0 Å². The van der Waals surface area contributed by atoms with Crippen molar-refractivity contribution in [3.8, 4) is 0 Å². The molecule has 4 rings (SSSR count). The lowest BCUT2D eigenvalue weighted by Crippen LogP contribution is -2.58. The molecule has 0 unspecified atom stereocenters. The van der Waals surface area contributed by atoms with E-state index in [1.807, 2.05) is 11.8 Å². The average Bonchev–Trinajstić information content (AvgIpc) is 2.81. The van der Waals surface area contributed by atoms with Gasteiger partial charge in [-0.25, -0.2) is 9.97 Å². The highest BCUT2D eigenvalue weighted by molar-refractivity contribution is 5.93. The molecule has 182 valence electrons. The highest BCUT2D eigenvalue weighted by atomic mass is 16.3. The molecule has 2 N–H and O–H groups in total. The Kier molecular flexibility index (Phi) is 7.08. The maximum absolute atomic E-state index is 13.3. The van der Waals surface area contributed by atoms with Crippen LogP contribution >= 0.6 is 0 Å². The molecule has 2 saturated carbocycles. The second kappa shape index (κ2) is 9.69. The van der Waals surface area contributed by atoms with Gasteiger partial charge in [-0.15, -0.1) is 0 Å². The second-order valence-corrected chi connectivity index (χ2v) is 11.3. The van der Waals surface area contributed by atoms with Gasteiger partial charge in [-0.3, -0.25) is 9.59 Å². The molecule has 2 aliphatic carbocycles. The summed E-state index contributed by atoms with van der Waals surface area (Å²) in [5.74, 6) is 0.680. The summed E-state index contributed by atoms with van der Waals surface area (Å²) < 4.78 is 0. The number of fused-ring (bicyclic) bond motifs is 1. The first-order chi connectivity index (χ1) is 15.7. The SMILES string of the molecule is CC1CCN(C(=O)[C@@H](C)[C@H]2CC[C@]3(C)CC[C@H](NC(=O)c4cncnc4)[C@H](C)[C@@H]3[C@H]2O)CC1. The van der Waals surface area contributed by atoms with Gasteiger partial charge in [-0.1, -0.05) is 27.7 Å². The quantitative estimate of drug-likeness (QED) is 0.725. The van der Waals surface area contributed by atoms with E-state index in [0.29, 0.717) is 11.5 Å². The lowest BCUT2D eigenvalue weighted by Gasteiger charge is -2.56. The molecule has 7 atom stereocenters. The summed E-state index contributed by atoms with van der Waals surface area (Å²) in [4.78, 5) is 35.9. The molecule has 1 aliphatic heterocycles. The highest BCUT2D eigenvalue weighted by Crippen LogP contribution is 2.55. The topological polar surface area (TPSA) is 95.4 Å². The van der Waals surface area contributed by atoms with E-state index >= 15 is 0 Å². The number of carbonyl (C=O) groups is 2. The van der Waals surface area contributed by atoms with E-state index in [1.54, 1.807) is 0 Å². The number of nitrogens with one attached hydrogen (secondary N) is 1. The molecule has 33 heavy (non-hydrogen) atoms. The van der Waals surface area contributed by atoms with Gasteiger partial charge in [0, 0.05) is 37.4 Å². The fraction of sp³-hybridized carbons (Fsp3) is 0.769. The Balaban J connectivity index is 1.45. The van der Waals surface area contributed by atoms with E-state index in [2.05, 4.69) is 36.1 Å². The Morgan fingerprint density at radius 1 is 1.12 bits per heavy atom. The number of nitrogens with zero attached hydrogens (tertiary/aromatic N) is 3. The summed E-state index contributed by atoms with van der Waals surface area (Å²) in [6.45, 7) is 10.4. The van der Waals surface area contributed by atoms with Gasteiger partial charge in [0.25, 0.3) is 5.91 Å². The monoisotopic (exact) mass is 456 g/mol. The molecule has 0 spiro atoms. The van der Waals surface area contributed by atoms with E-state index in [9.17, 15) is 14.7 Å². The molecule has 0 aromatic carbocycles. The summed E-state index contributed by atoms with van der Waals surface area (Å²) in [7, 11) is 0. The standard InChI is InChI=1S/C26H40N4O3/c1-16-7-11-30(12-8-16)25(33)17(2)20-5-9-26(4)10-6-21(18(3)22(26)23(20)31)29-24(32)19-13-27-15-28-14-19/h13-18,20-23,31H,5-12H2,1-4H3,(H,29,32)/t17-,18-,20+,21-,22+,23-,26+/m0/s1. The number of carbonyl (C=O) groups excluding carboxylic acids is 2. The second-order valence-electron chi connectivity index (χ2n) is 11.3. The molecule has 3 aliphatic rings. The Morgan fingerprint density at radius 2 is 1.76 bits per heavy atom. The van der Waals surface area contributed by atoms with Crippen LogP contribution in [-0.2, 0) is 4.79 Å². The smallest absolute Gasteiger partial charge is 0.254 e. The number of piperidine rings is 1. The maximum Gasteiger partial charge on any atom is 0.254 e. The molecule has 0 bridgehead atoms.